The maximum absolute atomic E-state index is 12.7. The van der Waals surface area contributed by atoms with E-state index in [0.29, 0.717) is 23.9 Å². The Morgan fingerprint density at radius 2 is 2.04 bits per heavy atom. The number of carbonyl (C=O) groups is 2. The second-order valence-electron chi connectivity index (χ2n) is 6.47. The summed E-state index contributed by atoms with van der Waals surface area (Å²) in [6, 6.07) is 9.51. The topological polar surface area (TPSA) is 89.4 Å². The number of oxazole rings is 1. The zero-order valence-corrected chi connectivity index (χ0v) is 14.4. The molecule has 2 aromatic rings. The van der Waals surface area contributed by atoms with Crippen molar-refractivity contribution in [2.45, 2.75) is 45.1 Å². The quantitative estimate of drug-likeness (QED) is 0.904. The number of likely N-dealkylation sites (tertiary alicyclic amines) is 1. The van der Waals surface area contributed by atoms with Crippen LogP contribution < -0.4 is 5.73 Å². The van der Waals surface area contributed by atoms with Crippen molar-refractivity contribution < 1.29 is 14.0 Å². The molecule has 0 unspecified atom stereocenters. The molecule has 0 bridgehead atoms. The number of hydrogen-bond acceptors (Lipinski definition) is 4. The van der Waals surface area contributed by atoms with Crippen LogP contribution in [0.4, 0.5) is 0 Å². The third-order valence-electron chi connectivity index (χ3n) is 4.62. The molecule has 1 aliphatic rings. The minimum Gasteiger partial charge on any atom is -0.441 e. The fourth-order valence-corrected chi connectivity index (χ4v) is 3.31. The van der Waals surface area contributed by atoms with Crippen LogP contribution in [0.2, 0.25) is 0 Å². The second kappa shape index (κ2) is 7.51. The average Bonchev–Trinajstić information content (AvgIpc) is 2.96. The molecule has 132 valence electrons. The molecular weight excluding hydrogens is 318 g/mol. The van der Waals surface area contributed by atoms with Crippen LogP contribution in [0.5, 0.6) is 0 Å². The summed E-state index contributed by atoms with van der Waals surface area (Å²) in [5, 5.41) is 0. The van der Waals surface area contributed by atoms with E-state index in [-0.39, 0.29) is 30.7 Å². The highest BCUT2D eigenvalue weighted by Crippen LogP contribution is 2.24. The Hall–Kier alpha value is -2.63. The molecule has 1 saturated heterocycles. The molecular formula is C19H23N3O3. The highest BCUT2D eigenvalue weighted by Gasteiger charge is 2.29. The molecule has 2 heterocycles. The number of aromatic nitrogens is 1. The Labute approximate surface area is 147 Å². The Balaban J connectivity index is 1.74. The van der Waals surface area contributed by atoms with E-state index in [1.165, 1.54) is 0 Å². The summed E-state index contributed by atoms with van der Waals surface area (Å²) in [7, 11) is 0. The Morgan fingerprint density at radius 3 is 2.76 bits per heavy atom. The number of carbonyl (C=O) groups excluding carboxylic acids is 2. The minimum atomic E-state index is -0.367. The summed E-state index contributed by atoms with van der Waals surface area (Å²) in [5.41, 5.74) is 6.85. The Bertz CT molecular complexity index is 755. The third kappa shape index (κ3) is 4.07. The van der Waals surface area contributed by atoms with Gasteiger partial charge in [-0.05, 0) is 38.3 Å². The number of benzene rings is 1. The number of hydrogen-bond donors (Lipinski definition) is 1. The van der Waals surface area contributed by atoms with Crippen molar-refractivity contribution in [3.63, 3.8) is 0 Å². The van der Waals surface area contributed by atoms with Gasteiger partial charge < -0.3 is 15.1 Å². The number of nitrogens with zero attached hydrogens (tertiary/aromatic N) is 2. The highest BCUT2D eigenvalue weighted by atomic mass is 16.4. The van der Waals surface area contributed by atoms with Gasteiger partial charge in [0.05, 0.1) is 12.1 Å². The summed E-state index contributed by atoms with van der Waals surface area (Å²) in [5.74, 6) is 0.777. The van der Waals surface area contributed by atoms with E-state index in [1.54, 1.807) is 4.90 Å². The Kier molecular flexibility index (Phi) is 5.16. The van der Waals surface area contributed by atoms with Crippen molar-refractivity contribution >= 4 is 11.8 Å². The monoisotopic (exact) mass is 341 g/mol. The van der Waals surface area contributed by atoms with Gasteiger partial charge in [0.1, 0.15) is 5.76 Å². The molecule has 6 nitrogen and oxygen atoms in total. The van der Waals surface area contributed by atoms with E-state index < -0.39 is 0 Å². The SMILES string of the molecule is Cc1oc(-c2ccccc2)nc1CC(=O)N1CCCC[C@H]1CC(N)=O. The van der Waals surface area contributed by atoms with Gasteiger partial charge in [-0.1, -0.05) is 18.2 Å². The molecule has 1 aliphatic heterocycles. The zero-order chi connectivity index (χ0) is 17.8. The summed E-state index contributed by atoms with van der Waals surface area (Å²) < 4.78 is 5.72. The van der Waals surface area contributed by atoms with Crippen molar-refractivity contribution in [3.05, 3.63) is 41.8 Å². The lowest BCUT2D eigenvalue weighted by Gasteiger charge is -2.35. The van der Waals surface area contributed by atoms with Crippen LogP contribution in [0, 0.1) is 6.92 Å². The van der Waals surface area contributed by atoms with Crippen LogP contribution >= 0.6 is 0 Å². The van der Waals surface area contributed by atoms with E-state index in [2.05, 4.69) is 4.98 Å². The van der Waals surface area contributed by atoms with E-state index in [4.69, 9.17) is 10.2 Å². The molecule has 6 heteroatoms. The molecule has 0 saturated carbocycles. The largest absolute Gasteiger partial charge is 0.441 e. The van der Waals surface area contributed by atoms with Crippen LogP contribution in [-0.4, -0.2) is 34.3 Å². The zero-order valence-electron chi connectivity index (χ0n) is 14.4. The van der Waals surface area contributed by atoms with Gasteiger partial charge in [0.2, 0.25) is 17.7 Å². The van der Waals surface area contributed by atoms with E-state index >= 15 is 0 Å². The first-order valence-corrected chi connectivity index (χ1v) is 8.64. The lowest BCUT2D eigenvalue weighted by molar-refractivity contribution is -0.135. The fourth-order valence-electron chi connectivity index (χ4n) is 3.31. The predicted octanol–water partition coefficient (Wildman–Crippen LogP) is 2.45. The molecule has 0 spiro atoms. The van der Waals surface area contributed by atoms with Gasteiger partial charge in [-0.15, -0.1) is 0 Å². The second-order valence-corrected chi connectivity index (χ2v) is 6.47. The van der Waals surface area contributed by atoms with E-state index in [0.717, 1.165) is 24.8 Å². The van der Waals surface area contributed by atoms with Crippen LogP contribution in [0.25, 0.3) is 11.5 Å². The van der Waals surface area contributed by atoms with Crippen molar-refractivity contribution in [2.75, 3.05) is 6.54 Å². The molecule has 1 fully saturated rings. The smallest absolute Gasteiger partial charge is 0.228 e. The molecule has 2 N–H and O–H groups in total. The summed E-state index contributed by atoms with van der Waals surface area (Å²) in [4.78, 5) is 30.3. The van der Waals surface area contributed by atoms with Gasteiger partial charge in [0.25, 0.3) is 0 Å². The van der Waals surface area contributed by atoms with E-state index in [9.17, 15) is 9.59 Å². The number of rotatable bonds is 5. The van der Waals surface area contributed by atoms with Crippen molar-refractivity contribution in [1.82, 2.24) is 9.88 Å². The number of piperidine rings is 1. The molecule has 3 rings (SSSR count). The standard InChI is InChI=1S/C19H23N3O3/c1-13-16(21-19(25-13)14-7-3-2-4-8-14)12-18(24)22-10-6-5-9-15(22)11-17(20)23/h2-4,7-8,15H,5-6,9-12H2,1H3,(H2,20,23)/t15-/m0/s1. The summed E-state index contributed by atoms with van der Waals surface area (Å²) in [6.07, 6.45) is 3.19. The van der Waals surface area contributed by atoms with E-state index in [1.807, 2.05) is 37.3 Å². The van der Waals surface area contributed by atoms with Gasteiger partial charge in [-0.2, -0.15) is 0 Å². The minimum absolute atomic E-state index is 0.0260. The van der Waals surface area contributed by atoms with Gasteiger partial charge >= 0.3 is 0 Å². The van der Waals surface area contributed by atoms with Crippen LogP contribution in [-0.2, 0) is 16.0 Å². The highest BCUT2D eigenvalue weighted by molar-refractivity contribution is 5.81. The molecule has 1 aromatic carbocycles. The average molecular weight is 341 g/mol. The molecule has 1 atom stereocenters. The van der Waals surface area contributed by atoms with Crippen LogP contribution in [0.15, 0.2) is 34.7 Å². The van der Waals surface area contributed by atoms with Crippen molar-refractivity contribution in [3.8, 4) is 11.5 Å². The number of amides is 2. The van der Waals surface area contributed by atoms with Crippen molar-refractivity contribution in [1.29, 1.82) is 0 Å². The number of nitrogens with two attached hydrogens (primary N) is 1. The fraction of sp³-hybridized carbons (Fsp3) is 0.421. The summed E-state index contributed by atoms with van der Waals surface area (Å²) in [6.45, 7) is 2.48. The third-order valence-corrected chi connectivity index (χ3v) is 4.62. The van der Waals surface area contributed by atoms with Crippen molar-refractivity contribution in [2.24, 2.45) is 5.73 Å². The molecule has 1 aromatic heterocycles. The maximum atomic E-state index is 12.7. The molecule has 0 aliphatic carbocycles. The molecule has 2 amide bonds. The van der Waals surface area contributed by atoms with Gasteiger partial charge in [0, 0.05) is 24.6 Å². The van der Waals surface area contributed by atoms with Gasteiger partial charge in [-0.3, -0.25) is 9.59 Å². The normalized spacial score (nSPS) is 17.5. The summed E-state index contributed by atoms with van der Waals surface area (Å²) >= 11 is 0. The first kappa shape index (κ1) is 17.2. The molecule has 0 radical (unpaired) electrons. The van der Waals surface area contributed by atoms with Crippen LogP contribution in [0.1, 0.15) is 37.1 Å². The number of aryl methyl sites for hydroxylation is 1. The van der Waals surface area contributed by atoms with Gasteiger partial charge in [0.15, 0.2) is 0 Å². The number of primary amides is 1. The lowest BCUT2D eigenvalue weighted by atomic mass is 9.98. The van der Waals surface area contributed by atoms with Gasteiger partial charge in [-0.25, -0.2) is 4.98 Å². The van der Waals surface area contributed by atoms with Crippen LogP contribution in [0.3, 0.4) is 0 Å². The predicted molar refractivity (Wildman–Crippen MR) is 93.5 cm³/mol. The lowest BCUT2D eigenvalue weighted by Crippen LogP contribution is -2.46. The Morgan fingerprint density at radius 1 is 1.28 bits per heavy atom. The maximum Gasteiger partial charge on any atom is 0.228 e. The first-order chi connectivity index (χ1) is 12.0. The molecule has 25 heavy (non-hydrogen) atoms. The first-order valence-electron chi connectivity index (χ1n) is 8.64.